The van der Waals surface area contributed by atoms with Crippen molar-refractivity contribution in [1.82, 2.24) is 5.32 Å². The van der Waals surface area contributed by atoms with E-state index in [-0.39, 0.29) is 11.1 Å². The number of rotatable bonds is 3. The first-order chi connectivity index (χ1) is 9.69. The summed E-state index contributed by atoms with van der Waals surface area (Å²) in [4.78, 5) is 0. The van der Waals surface area contributed by atoms with E-state index in [1.807, 2.05) is 37.4 Å². The molecule has 2 aromatic carbocycles. The lowest BCUT2D eigenvalue weighted by Crippen LogP contribution is -2.17. The second kappa shape index (κ2) is 5.27. The second-order valence-corrected chi connectivity index (χ2v) is 4.99. The van der Waals surface area contributed by atoms with Gasteiger partial charge in [-0.05, 0) is 36.9 Å². The molecule has 0 saturated heterocycles. The Hall–Kier alpha value is -1.84. The van der Waals surface area contributed by atoms with Gasteiger partial charge in [0, 0.05) is 5.39 Å². The predicted octanol–water partition coefficient (Wildman–Crippen LogP) is 4.53. The van der Waals surface area contributed by atoms with Gasteiger partial charge in [-0.15, -0.1) is 0 Å². The molecule has 0 saturated carbocycles. The van der Waals surface area contributed by atoms with E-state index in [0.717, 1.165) is 22.3 Å². The SMILES string of the molecule is CNC(c1ccc(F)c(Cl)c1)c1cc2ccccc2o1. The number of hydrogen-bond donors (Lipinski definition) is 1. The fourth-order valence-electron chi connectivity index (χ4n) is 2.31. The zero-order valence-corrected chi connectivity index (χ0v) is 11.6. The lowest BCUT2D eigenvalue weighted by atomic mass is 10.0. The molecular weight excluding hydrogens is 277 g/mol. The molecule has 0 bridgehead atoms. The number of fused-ring (bicyclic) bond motifs is 1. The molecule has 0 aliphatic carbocycles. The summed E-state index contributed by atoms with van der Waals surface area (Å²) in [6, 6.07) is 14.3. The van der Waals surface area contributed by atoms with Gasteiger partial charge in [0.1, 0.15) is 17.2 Å². The van der Waals surface area contributed by atoms with E-state index in [1.54, 1.807) is 12.1 Å². The Bertz CT molecular complexity index is 720. The molecule has 4 heteroatoms. The predicted molar refractivity (Wildman–Crippen MR) is 78.5 cm³/mol. The number of para-hydroxylation sites is 1. The first kappa shape index (κ1) is 13.2. The van der Waals surface area contributed by atoms with Gasteiger partial charge in [0.15, 0.2) is 0 Å². The largest absolute Gasteiger partial charge is 0.459 e. The molecule has 1 N–H and O–H groups in total. The van der Waals surface area contributed by atoms with Crippen LogP contribution in [0.15, 0.2) is 52.9 Å². The lowest BCUT2D eigenvalue weighted by molar-refractivity contribution is 0.491. The van der Waals surface area contributed by atoms with Crippen LogP contribution in [0.5, 0.6) is 0 Å². The third-order valence-corrected chi connectivity index (χ3v) is 3.58. The fourth-order valence-corrected chi connectivity index (χ4v) is 2.50. The van der Waals surface area contributed by atoms with Crippen molar-refractivity contribution in [2.24, 2.45) is 0 Å². The van der Waals surface area contributed by atoms with Gasteiger partial charge < -0.3 is 9.73 Å². The molecule has 3 rings (SSSR count). The van der Waals surface area contributed by atoms with Crippen molar-refractivity contribution >= 4 is 22.6 Å². The van der Waals surface area contributed by atoms with Crippen LogP contribution >= 0.6 is 11.6 Å². The minimum atomic E-state index is -0.421. The van der Waals surface area contributed by atoms with E-state index in [9.17, 15) is 4.39 Å². The monoisotopic (exact) mass is 289 g/mol. The summed E-state index contributed by atoms with van der Waals surface area (Å²) in [5.74, 6) is 0.353. The molecule has 102 valence electrons. The summed E-state index contributed by atoms with van der Waals surface area (Å²) in [5.41, 5.74) is 1.69. The topological polar surface area (TPSA) is 25.2 Å². The van der Waals surface area contributed by atoms with Crippen molar-refractivity contribution in [3.8, 4) is 0 Å². The Kier molecular flexibility index (Phi) is 3.47. The molecule has 2 nitrogen and oxygen atoms in total. The molecule has 1 aromatic heterocycles. The van der Waals surface area contributed by atoms with Crippen LogP contribution in [0.25, 0.3) is 11.0 Å². The molecule has 0 amide bonds. The minimum absolute atomic E-state index is 0.110. The highest BCUT2D eigenvalue weighted by molar-refractivity contribution is 6.30. The average Bonchev–Trinajstić information content (AvgIpc) is 2.87. The molecule has 3 aromatic rings. The van der Waals surface area contributed by atoms with Crippen LogP contribution in [-0.4, -0.2) is 7.05 Å². The first-order valence-corrected chi connectivity index (χ1v) is 6.67. The van der Waals surface area contributed by atoms with E-state index >= 15 is 0 Å². The average molecular weight is 290 g/mol. The molecule has 0 aliphatic rings. The standard InChI is InChI=1S/C16H13ClFNO/c1-19-16(11-6-7-13(18)12(17)8-11)15-9-10-4-2-3-5-14(10)20-15/h2-9,16,19H,1H3. The fraction of sp³-hybridized carbons (Fsp3) is 0.125. The normalized spacial score (nSPS) is 12.8. The van der Waals surface area contributed by atoms with Crippen LogP contribution in [0.4, 0.5) is 4.39 Å². The van der Waals surface area contributed by atoms with Crippen molar-refractivity contribution in [2.75, 3.05) is 7.05 Å². The quantitative estimate of drug-likeness (QED) is 0.766. The van der Waals surface area contributed by atoms with Crippen LogP contribution in [0.1, 0.15) is 17.4 Å². The van der Waals surface area contributed by atoms with E-state index in [1.165, 1.54) is 6.07 Å². The van der Waals surface area contributed by atoms with Crippen LogP contribution in [-0.2, 0) is 0 Å². The van der Waals surface area contributed by atoms with Crippen LogP contribution in [0, 0.1) is 5.82 Å². The van der Waals surface area contributed by atoms with Crippen molar-refractivity contribution in [3.05, 3.63) is 70.7 Å². The maximum absolute atomic E-state index is 13.3. The maximum Gasteiger partial charge on any atom is 0.141 e. The summed E-state index contributed by atoms with van der Waals surface area (Å²) >= 11 is 5.85. The molecule has 0 radical (unpaired) electrons. The van der Waals surface area contributed by atoms with Gasteiger partial charge in [0.2, 0.25) is 0 Å². The van der Waals surface area contributed by atoms with Gasteiger partial charge in [-0.25, -0.2) is 4.39 Å². The molecule has 1 heterocycles. The van der Waals surface area contributed by atoms with Gasteiger partial charge in [-0.2, -0.15) is 0 Å². The highest BCUT2D eigenvalue weighted by Crippen LogP contribution is 2.29. The summed E-state index contributed by atoms with van der Waals surface area (Å²) in [6.45, 7) is 0. The Morgan fingerprint density at radius 2 is 1.95 bits per heavy atom. The van der Waals surface area contributed by atoms with E-state index in [0.29, 0.717) is 0 Å². The van der Waals surface area contributed by atoms with E-state index in [4.69, 9.17) is 16.0 Å². The number of furan rings is 1. The molecule has 0 spiro atoms. The smallest absolute Gasteiger partial charge is 0.141 e. The number of hydrogen-bond acceptors (Lipinski definition) is 2. The molecule has 20 heavy (non-hydrogen) atoms. The Morgan fingerprint density at radius 1 is 1.15 bits per heavy atom. The van der Waals surface area contributed by atoms with Crippen molar-refractivity contribution in [3.63, 3.8) is 0 Å². The molecule has 1 unspecified atom stereocenters. The van der Waals surface area contributed by atoms with Crippen molar-refractivity contribution in [1.29, 1.82) is 0 Å². The Morgan fingerprint density at radius 3 is 2.65 bits per heavy atom. The minimum Gasteiger partial charge on any atom is -0.459 e. The van der Waals surface area contributed by atoms with Gasteiger partial charge in [-0.1, -0.05) is 35.9 Å². The zero-order chi connectivity index (χ0) is 14.1. The molecule has 0 fully saturated rings. The van der Waals surface area contributed by atoms with Gasteiger partial charge in [0.05, 0.1) is 11.1 Å². The molecule has 1 atom stereocenters. The third kappa shape index (κ3) is 2.30. The number of benzene rings is 2. The van der Waals surface area contributed by atoms with Crippen molar-refractivity contribution < 1.29 is 8.81 Å². The van der Waals surface area contributed by atoms with E-state index < -0.39 is 5.82 Å². The van der Waals surface area contributed by atoms with Gasteiger partial charge in [0.25, 0.3) is 0 Å². The zero-order valence-electron chi connectivity index (χ0n) is 10.9. The first-order valence-electron chi connectivity index (χ1n) is 6.29. The number of halogens is 2. The molecule has 0 aliphatic heterocycles. The maximum atomic E-state index is 13.3. The number of nitrogens with one attached hydrogen (secondary N) is 1. The third-order valence-electron chi connectivity index (χ3n) is 3.29. The van der Waals surface area contributed by atoms with Crippen LogP contribution < -0.4 is 5.32 Å². The van der Waals surface area contributed by atoms with Crippen LogP contribution in [0.2, 0.25) is 5.02 Å². The lowest BCUT2D eigenvalue weighted by Gasteiger charge is -2.14. The summed E-state index contributed by atoms with van der Waals surface area (Å²) < 4.78 is 19.1. The second-order valence-electron chi connectivity index (χ2n) is 4.58. The van der Waals surface area contributed by atoms with Crippen molar-refractivity contribution in [2.45, 2.75) is 6.04 Å². The summed E-state index contributed by atoms with van der Waals surface area (Å²) in [7, 11) is 1.83. The highest BCUT2D eigenvalue weighted by Gasteiger charge is 2.17. The summed E-state index contributed by atoms with van der Waals surface area (Å²) in [6.07, 6.45) is 0. The van der Waals surface area contributed by atoms with E-state index in [2.05, 4.69) is 5.32 Å². The Labute approximate surface area is 121 Å². The van der Waals surface area contributed by atoms with Gasteiger partial charge in [-0.3, -0.25) is 0 Å². The van der Waals surface area contributed by atoms with Crippen LogP contribution in [0.3, 0.4) is 0 Å². The summed E-state index contributed by atoms with van der Waals surface area (Å²) in [5, 5.41) is 4.32. The molecular formula is C16H13ClFNO. The Balaban J connectivity index is 2.06. The highest BCUT2D eigenvalue weighted by atomic mass is 35.5. The van der Waals surface area contributed by atoms with Gasteiger partial charge >= 0.3 is 0 Å².